The topological polar surface area (TPSA) is 110 Å². The molecule has 0 radical (unpaired) electrons. The van der Waals surface area contributed by atoms with Crippen LogP contribution in [0.5, 0.6) is 0 Å². The van der Waals surface area contributed by atoms with Crippen LogP contribution < -0.4 is 4.72 Å². The fourth-order valence-electron chi connectivity index (χ4n) is 3.19. The highest BCUT2D eigenvalue weighted by atomic mass is 32.2. The number of carbonyl (C=O) groups is 1. The molecule has 10 heteroatoms. The maximum absolute atomic E-state index is 13.2. The van der Waals surface area contributed by atoms with Crippen molar-refractivity contribution in [2.75, 3.05) is 11.8 Å². The predicted molar refractivity (Wildman–Crippen MR) is 122 cm³/mol. The van der Waals surface area contributed by atoms with Gasteiger partial charge in [-0.2, -0.15) is 0 Å². The molecule has 3 rings (SSSR count). The molecular weight excluding hydrogens is 449 g/mol. The van der Waals surface area contributed by atoms with Crippen LogP contribution in [0.2, 0.25) is 0 Å². The van der Waals surface area contributed by atoms with Crippen molar-refractivity contribution in [3.63, 3.8) is 0 Å². The summed E-state index contributed by atoms with van der Waals surface area (Å²) in [6.45, 7) is 3.33. The first kappa shape index (κ1) is 23.9. The van der Waals surface area contributed by atoms with Crippen LogP contribution in [0.25, 0.3) is 0 Å². The van der Waals surface area contributed by atoms with Gasteiger partial charge in [0.25, 0.3) is 21.6 Å². The maximum atomic E-state index is 13.2. The number of sulfonamides is 1. The average molecular weight is 472 g/mol. The minimum Gasteiger partial charge on any atom is -0.335 e. The molecule has 0 heterocycles. The van der Waals surface area contributed by atoms with Gasteiger partial charge in [-0.15, -0.1) is 0 Å². The van der Waals surface area contributed by atoms with Crippen LogP contribution in [-0.4, -0.2) is 31.2 Å². The number of hydrogen-bond donors (Lipinski definition) is 1. The quantitative estimate of drug-likeness (QED) is 0.398. The van der Waals surface area contributed by atoms with E-state index in [2.05, 4.69) is 4.72 Å². The van der Waals surface area contributed by atoms with Gasteiger partial charge in [-0.05, 0) is 61.9 Å². The summed E-state index contributed by atoms with van der Waals surface area (Å²) in [6.07, 6.45) is 0. The Morgan fingerprint density at radius 3 is 2.24 bits per heavy atom. The lowest BCUT2D eigenvalue weighted by molar-refractivity contribution is -0.385. The van der Waals surface area contributed by atoms with E-state index in [4.69, 9.17) is 0 Å². The predicted octanol–water partition coefficient (Wildman–Crippen LogP) is 4.68. The molecule has 0 aliphatic carbocycles. The Balaban J connectivity index is 1.75. The third-order valence-electron chi connectivity index (χ3n) is 5.33. The van der Waals surface area contributed by atoms with Gasteiger partial charge in [-0.25, -0.2) is 12.8 Å². The van der Waals surface area contributed by atoms with Gasteiger partial charge in [-0.1, -0.05) is 18.2 Å². The van der Waals surface area contributed by atoms with Gasteiger partial charge in [0.2, 0.25) is 0 Å². The van der Waals surface area contributed by atoms with Crippen LogP contribution in [0.1, 0.15) is 34.5 Å². The molecule has 0 saturated heterocycles. The van der Waals surface area contributed by atoms with E-state index in [0.29, 0.717) is 11.1 Å². The molecule has 1 atom stereocenters. The van der Waals surface area contributed by atoms with Crippen molar-refractivity contribution in [1.29, 1.82) is 0 Å². The number of anilines is 1. The molecule has 0 aromatic heterocycles. The lowest BCUT2D eigenvalue weighted by Crippen LogP contribution is -2.29. The van der Waals surface area contributed by atoms with Crippen LogP contribution in [0.3, 0.4) is 0 Å². The van der Waals surface area contributed by atoms with Crippen molar-refractivity contribution < 1.29 is 22.5 Å². The molecular formula is C23H22FN3O5S. The van der Waals surface area contributed by atoms with E-state index in [0.717, 1.165) is 11.6 Å². The monoisotopic (exact) mass is 471 g/mol. The van der Waals surface area contributed by atoms with E-state index >= 15 is 0 Å². The van der Waals surface area contributed by atoms with Crippen molar-refractivity contribution >= 4 is 27.3 Å². The standard InChI is InChI=1S/C23H22FN3O5S/c1-15-4-13-21(14-22(15)27(29)30)33(31,32)25-20-11-7-18(8-12-20)23(28)26(3)16(2)17-5-9-19(24)10-6-17/h4-14,16,25H,1-3H3. The molecule has 0 spiro atoms. The molecule has 0 saturated carbocycles. The Kier molecular flexibility index (Phi) is 6.78. The summed E-state index contributed by atoms with van der Waals surface area (Å²) in [6, 6.07) is 15.0. The third kappa shape index (κ3) is 5.35. The molecule has 0 aliphatic rings. The van der Waals surface area contributed by atoms with E-state index in [1.165, 1.54) is 60.4 Å². The van der Waals surface area contributed by atoms with E-state index in [1.807, 2.05) is 6.92 Å². The lowest BCUT2D eigenvalue weighted by atomic mass is 10.1. The fourth-order valence-corrected chi connectivity index (χ4v) is 4.27. The van der Waals surface area contributed by atoms with Gasteiger partial charge in [-0.3, -0.25) is 19.6 Å². The fraction of sp³-hybridized carbons (Fsp3) is 0.174. The van der Waals surface area contributed by atoms with Crippen LogP contribution in [0.15, 0.2) is 71.6 Å². The van der Waals surface area contributed by atoms with E-state index in [-0.39, 0.29) is 34.0 Å². The number of halogens is 1. The molecule has 3 aromatic carbocycles. The van der Waals surface area contributed by atoms with Crippen molar-refractivity contribution in [1.82, 2.24) is 4.90 Å². The highest BCUT2D eigenvalue weighted by Crippen LogP contribution is 2.25. The molecule has 0 fully saturated rings. The number of benzene rings is 3. The van der Waals surface area contributed by atoms with Crippen molar-refractivity contribution in [2.24, 2.45) is 0 Å². The van der Waals surface area contributed by atoms with Gasteiger partial charge < -0.3 is 4.90 Å². The second-order valence-corrected chi connectivity index (χ2v) is 9.21. The lowest BCUT2D eigenvalue weighted by Gasteiger charge is -2.25. The molecule has 8 nitrogen and oxygen atoms in total. The van der Waals surface area contributed by atoms with Crippen molar-refractivity contribution in [3.8, 4) is 0 Å². The first-order valence-corrected chi connectivity index (χ1v) is 11.4. The summed E-state index contributed by atoms with van der Waals surface area (Å²) < 4.78 is 40.8. The number of carbonyl (C=O) groups excluding carboxylic acids is 1. The molecule has 1 amide bonds. The number of nitro benzene ring substituents is 1. The number of rotatable bonds is 7. The van der Waals surface area contributed by atoms with Gasteiger partial charge in [0.1, 0.15) is 5.82 Å². The first-order valence-electron chi connectivity index (χ1n) is 9.90. The number of amides is 1. The third-order valence-corrected chi connectivity index (χ3v) is 6.70. The number of nitro groups is 1. The summed E-state index contributed by atoms with van der Waals surface area (Å²) in [5.74, 6) is -0.659. The Bertz CT molecular complexity index is 1290. The van der Waals surface area contributed by atoms with Crippen LogP contribution in [0, 0.1) is 22.9 Å². The minimum absolute atomic E-state index is 0.198. The van der Waals surface area contributed by atoms with E-state index < -0.39 is 14.9 Å². The Morgan fingerprint density at radius 1 is 1.06 bits per heavy atom. The van der Waals surface area contributed by atoms with Gasteiger partial charge in [0.15, 0.2) is 0 Å². The van der Waals surface area contributed by atoms with Crippen LogP contribution >= 0.6 is 0 Å². The summed E-state index contributed by atoms with van der Waals surface area (Å²) in [5, 5.41) is 11.1. The zero-order valence-corrected chi connectivity index (χ0v) is 19.0. The first-order chi connectivity index (χ1) is 15.5. The van der Waals surface area contributed by atoms with E-state index in [1.54, 1.807) is 19.2 Å². The molecule has 0 bridgehead atoms. The summed E-state index contributed by atoms with van der Waals surface area (Å²) in [7, 11) is -2.45. The van der Waals surface area contributed by atoms with Crippen LogP contribution in [0.4, 0.5) is 15.8 Å². The smallest absolute Gasteiger partial charge is 0.273 e. The largest absolute Gasteiger partial charge is 0.335 e. The Hall–Kier alpha value is -3.79. The molecule has 172 valence electrons. The van der Waals surface area contributed by atoms with Gasteiger partial charge in [0.05, 0.1) is 15.9 Å². The number of hydrogen-bond acceptors (Lipinski definition) is 5. The molecule has 3 aromatic rings. The second kappa shape index (κ2) is 9.37. The second-order valence-electron chi connectivity index (χ2n) is 7.53. The highest BCUT2D eigenvalue weighted by molar-refractivity contribution is 7.92. The van der Waals surface area contributed by atoms with Crippen molar-refractivity contribution in [2.45, 2.75) is 24.8 Å². The molecule has 1 unspecified atom stereocenters. The molecule has 1 N–H and O–H groups in total. The Labute approximate surface area is 190 Å². The molecule has 33 heavy (non-hydrogen) atoms. The zero-order valence-electron chi connectivity index (χ0n) is 18.2. The van der Waals surface area contributed by atoms with Gasteiger partial charge >= 0.3 is 0 Å². The maximum Gasteiger partial charge on any atom is 0.273 e. The number of aryl methyl sites for hydroxylation is 1. The summed E-state index contributed by atoms with van der Waals surface area (Å²) in [4.78, 5) is 24.5. The normalized spacial score (nSPS) is 12.1. The highest BCUT2D eigenvalue weighted by Gasteiger charge is 2.21. The summed E-state index contributed by atoms with van der Waals surface area (Å²) in [5.41, 5.74) is 1.35. The average Bonchev–Trinajstić information content (AvgIpc) is 2.78. The SMILES string of the molecule is Cc1ccc(S(=O)(=O)Nc2ccc(C(=O)N(C)C(C)c3ccc(F)cc3)cc2)cc1[N+](=O)[O-]. The molecule has 0 aliphatic heterocycles. The van der Waals surface area contributed by atoms with E-state index in [9.17, 15) is 27.7 Å². The number of nitrogens with zero attached hydrogens (tertiary/aromatic N) is 2. The van der Waals surface area contributed by atoms with Crippen LogP contribution in [-0.2, 0) is 10.0 Å². The van der Waals surface area contributed by atoms with Gasteiger partial charge in [0, 0.05) is 29.9 Å². The summed E-state index contributed by atoms with van der Waals surface area (Å²) >= 11 is 0. The number of nitrogens with one attached hydrogen (secondary N) is 1. The minimum atomic E-state index is -4.07. The zero-order chi connectivity index (χ0) is 24.3. The van der Waals surface area contributed by atoms with Crippen molar-refractivity contribution in [3.05, 3.63) is 99.4 Å². The Morgan fingerprint density at radius 2 is 1.67 bits per heavy atom.